The zero-order valence-corrected chi connectivity index (χ0v) is 14.2. The van der Waals surface area contributed by atoms with Crippen molar-refractivity contribution in [3.05, 3.63) is 47.2 Å². The number of hydrogen-bond acceptors (Lipinski definition) is 4. The molecule has 4 atom stereocenters. The van der Waals surface area contributed by atoms with Gasteiger partial charge in [-0.1, -0.05) is 23.8 Å². The van der Waals surface area contributed by atoms with Crippen molar-refractivity contribution < 1.29 is 14.3 Å². The molecule has 0 amide bonds. The molecule has 4 heteroatoms. The third-order valence-electron chi connectivity index (χ3n) is 5.72. The Labute approximate surface area is 142 Å². The number of piperidine rings is 4. The molecule has 4 aliphatic rings. The van der Waals surface area contributed by atoms with Crippen LogP contribution in [0.2, 0.25) is 0 Å². The monoisotopic (exact) mass is 325 g/mol. The molecule has 4 nitrogen and oxygen atoms in total. The van der Waals surface area contributed by atoms with Gasteiger partial charge < -0.3 is 9.64 Å². The Morgan fingerprint density at radius 2 is 1.92 bits per heavy atom. The van der Waals surface area contributed by atoms with Crippen molar-refractivity contribution in [1.82, 2.24) is 4.90 Å². The number of aryl methyl sites for hydroxylation is 2. The van der Waals surface area contributed by atoms with Crippen molar-refractivity contribution in [3.63, 3.8) is 0 Å². The number of ketones is 1. The summed E-state index contributed by atoms with van der Waals surface area (Å²) < 4.78 is 5.88. The first-order valence-electron chi connectivity index (χ1n) is 8.76. The molecule has 4 unspecified atom stereocenters. The normalized spacial score (nSPS) is 31.3. The average Bonchev–Trinajstić information content (AvgIpc) is 2.53. The first-order chi connectivity index (χ1) is 11.5. The highest BCUT2D eigenvalue weighted by atomic mass is 16.5. The molecular formula is C20H23NO3. The number of nitrogens with zero attached hydrogens (tertiary/aromatic N) is 1. The van der Waals surface area contributed by atoms with Gasteiger partial charge in [0, 0.05) is 6.04 Å². The molecule has 0 saturated carbocycles. The molecule has 4 saturated heterocycles. The first-order valence-corrected chi connectivity index (χ1v) is 8.76. The number of hydrogen-bond donors (Lipinski definition) is 0. The Balaban J connectivity index is 1.61. The van der Waals surface area contributed by atoms with E-state index in [1.165, 1.54) is 0 Å². The van der Waals surface area contributed by atoms with Gasteiger partial charge in [0.1, 0.15) is 6.10 Å². The van der Waals surface area contributed by atoms with Gasteiger partial charge >= 0.3 is 5.97 Å². The molecule has 24 heavy (non-hydrogen) atoms. The number of rotatable bonds is 2. The highest BCUT2D eigenvalue weighted by molar-refractivity contribution is 5.99. The largest absolute Gasteiger partial charge is 0.456 e. The number of benzene rings is 1. The molecule has 0 radical (unpaired) electrons. The van der Waals surface area contributed by atoms with E-state index in [9.17, 15) is 9.59 Å². The number of fused-ring (bicyclic) bond motifs is 1. The number of carbonyl (C=O) groups is 2. The summed E-state index contributed by atoms with van der Waals surface area (Å²) in [6.07, 6.45) is 3.64. The Morgan fingerprint density at radius 1 is 1.21 bits per heavy atom. The van der Waals surface area contributed by atoms with E-state index in [-0.39, 0.29) is 29.8 Å². The maximum atomic E-state index is 12.7. The summed E-state index contributed by atoms with van der Waals surface area (Å²) >= 11 is 0. The van der Waals surface area contributed by atoms with E-state index in [0.717, 1.165) is 36.8 Å². The molecule has 5 rings (SSSR count). The van der Waals surface area contributed by atoms with Gasteiger partial charge in [-0.3, -0.25) is 4.79 Å². The molecule has 126 valence electrons. The van der Waals surface area contributed by atoms with Gasteiger partial charge in [-0.15, -0.1) is 0 Å². The minimum Gasteiger partial charge on any atom is -0.456 e. The Kier molecular flexibility index (Phi) is 3.52. The molecule has 0 N–H and O–H groups in total. The molecular weight excluding hydrogens is 302 g/mol. The van der Waals surface area contributed by atoms with Crippen LogP contribution in [-0.4, -0.2) is 34.8 Å². The number of allylic oxidation sites excluding steroid dienone is 1. The summed E-state index contributed by atoms with van der Waals surface area (Å²) in [6, 6.07) is 6.24. The Bertz CT molecular complexity index is 718. The van der Waals surface area contributed by atoms with Crippen molar-refractivity contribution in [3.8, 4) is 0 Å². The predicted molar refractivity (Wildman–Crippen MR) is 90.6 cm³/mol. The zero-order valence-electron chi connectivity index (χ0n) is 14.2. The van der Waals surface area contributed by atoms with Gasteiger partial charge in [0.25, 0.3) is 0 Å². The van der Waals surface area contributed by atoms with E-state index in [0.29, 0.717) is 17.3 Å². The molecule has 4 fully saturated rings. The van der Waals surface area contributed by atoms with Crippen molar-refractivity contribution >= 4 is 11.8 Å². The maximum absolute atomic E-state index is 12.7. The fourth-order valence-electron chi connectivity index (χ4n) is 4.82. The van der Waals surface area contributed by atoms with Crippen LogP contribution in [0.3, 0.4) is 0 Å². The number of esters is 1. The molecule has 4 heterocycles. The number of carbonyl (C=O) groups excluding carboxylic acids is 2. The van der Waals surface area contributed by atoms with Crippen LogP contribution in [0, 0.1) is 19.8 Å². The van der Waals surface area contributed by atoms with Crippen molar-refractivity contribution in [2.24, 2.45) is 5.92 Å². The van der Waals surface area contributed by atoms with Gasteiger partial charge in [0.15, 0.2) is 5.78 Å². The van der Waals surface area contributed by atoms with Gasteiger partial charge in [0.05, 0.1) is 23.2 Å². The van der Waals surface area contributed by atoms with Gasteiger partial charge in [0.2, 0.25) is 0 Å². The molecule has 0 spiro atoms. The van der Waals surface area contributed by atoms with E-state index < -0.39 is 0 Å². The second-order valence-electron chi connectivity index (χ2n) is 7.46. The molecule has 4 aliphatic heterocycles. The van der Waals surface area contributed by atoms with Crippen LogP contribution in [-0.2, 0) is 9.53 Å². The van der Waals surface area contributed by atoms with Gasteiger partial charge in [-0.05, 0) is 51.7 Å². The van der Waals surface area contributed by atoms with Crippen molar-refractivity contribution in [2.45, 2.75) is 57.7 Å². The lowest BCUT2D eigenvalue weighted by Gasteiger charge is -2.57. The second-order valence-corrected chi connectivity index (χ2v) is 7.46. The van der Waals surface area contributed by atoms with Crippen LogP contribution in [0.4, 0.5) is 0 Å². The fourth-order valence-corrected chi connectivity index (χ4v) is 4.82. The summed E-state index contributed by atoms with van der Waals surface area (Å²) in [5, 5.41) is 0. The van der Waals surface area contributed by atoms with Crippen LogP contribution < -0.4 is 0 Å². The standard InChI is InChI=1S/C20H23NO3/c1-11-7-12(2)9-14(8-11)20(23)24-19-16-10-15-5-4-6-17(19)21(15)13(3)18(16)22/h7-9,15-17,19H,3-6,10H2,1-2H3. The second kappa shape index (κ2) is 5.47. The fraction of sp³-hybridized carbons (Fsp3) is 0.500. The highest BCUT2D eigenvalue weighted by Crippen LogP contribution is 2.46. The summed E-state index contributed by atoms with van der Waals surface area (Å²) in [7, 11) is 0. The molecule has 0 aromatic heterocycles. The predicted octanol–water partition coefficient (Wildman–Crippen LogP) is 3.17. The minimum atomic E-state index is -0.340. The van der Waals surface area contributed by atoms with Crippen LogP contribution in [0.15, 0.2) is 30.5 Å². The molecule has 0 aliphatic carbocycles. The minimum absolute atomic E-state index is 0.0580. The van der Waals surface area contributed by atoms with E-state index in [1.54, 1.807) is 0 Å². The summed E-state index contributed by atoms with van der Waals surface area (Å²) in [6.45, 7) is 7.93. The highest BCUT2D eigenvalue weighted by Gasteiger charge is 2.55. The maximum Gasteiger partial charge on any atom is 0.338 e. The van der Waals surface area contributed by atoms with E-state index in [2.05, 4.69) is 11.5 Å². The zero-order chi connectivity index (χ0) is 17.0. The lowest BCUT2D eigenvalue weighted by molar-refractivity contribution is -0.149. The van der Waals surface area contributed by atoms with Crippen LogP contribution in [0.1, 0.15) is 47.2 Å². The summed E-state index contributed by atoms with van der Waals surface area (Å²) in [4.78, 5) is 27.3. The van der Waals surface area contributed by atoms with Crippen LogP contribution in [0.25, 0.3) is 0 Å². The lowest BCUT2D eigenvalue weighted by atomic mass is 9.69. The number of Topliss-reactive ketones (excluding diaryl/α,β-unsaturated/α-hetero) is 1. The average molecular weight is 325 g/mol. The van der Waals surface area contributed by atoms with Gasteiger partial charge in [-0.25, -0.2) is 4.79 Å². The summed E-state index contributed by atoms with van der Waals surface area (Å²) in [5.74, 6) is -0.476. The topological polar surface area (TPSA) is 46.6 Å². The van der Waals surface area contributed by atoms with Crippen molar-refractivity contribution in [1.29, 1.82) is 0 Å². The Morgan fingerprint density at radius 3 is 2.62 bits per heavy atom. The summed E-state index contributed by atoms with van der Waals surface area (Å²) in [5.41, 5.74) is 3.28. The van der Waals surface area contributed by atoms with E-state index in [4.69, 9.17) is 4.74 Å². The quantitative estimate of drug-likeness (QED) is 0.619. The first kappa shape index (κ1) is 15.4. The van der Waals surface area contributed by atoms with E-state index in [1.807, 2.05) is 32.0 Å². The number of ether oxygens (including phenoxy) is 1. The third-order valence-corrected chi connectivity index (χ3v) is 5.72. The molecule has 1 aromatic rings. The van der Waals surface area contributed by atoms with Crippen LogP contribution in [0.5, 0.6) is 0 Å². The SMILES string of the molecule is C=C1C(=O)C2CC3CCCC(C2OC(=O)c2cc(C)cc(C)c2)N13. The molecule has 1 aromatic carbocycles. The Hall–Kier alpha value is -2.10. The van der Waals surface area contributed by atoms with Crippen molar-refractivity contribution in [2.75, 3.05) is 0 Å². The lowest BCUT2D eigenvalue weighted by Crippen LogP contribution is -2.66. The van der Waals surface area contributed by atoms with E-state index >= 15 is 0 Å². The molecule has 4 bridgehead atoms. The van der Waals surface area contributed by atoms with Crippen LogP contribution >= 0.6 is 0 Å². The van der Waals surface area contributed by atoms with Gasteiger partial charge in [-0.2, -0.15) is 0 Å². The smallest absolute Gasteiger partial charge is 0.338 e. The third kappa shape index (κ3) is 2.27.